The molecule has 11 heteroatoms. The number of rotatable bonds is 11. The molecule has 0 aliphatic rings. The minimum atomic E-state index is -1.36. The molecule has 26 heavy (non-hydrogen) atoms. The lowest BCUT2D eigenvalue weighted by Crippen LogP contribution is -2.58. The molecule has 0 rings (SSSR count). The summed E-state index contributed by atoms with van der Waals surface area (Å²) in [6.07, 6.45) is 0.516. The van der Waals surface area contributed by atoms with Gasteiger partial charge in [0.1, 0.15) is 18.1 Å². The predicted molar refractivity (Wildman–Crippen MR) is 97.5 cm³/mol. The Bertz CT molecular complexity index is 518. The van der Waals surface area contributed by atoms with Crippen molar-refractivity contribution in [1.29, 1.82) is 0 Å². The van der Waals surface area contributed by atoms with Crippen molar-refractivity contribution in [2.75, 3.05) is 12.4 Å². The normalized spacial score (nSPS) is 16.5. The van der Waals surface area contributed by atoms with E-state index in [0.717, 1.165) is 0 Å². The van der Waals surface area contributed by atoms with Crippen LogP contribution in [0.1, 0.15) is 27.2 Å². The van der Waals surface area contributed by atoms with Crippen molar-refractivity contribution in [3.8, 4) is 0 Å². The van der Waals surface area contributed by atoms with Crippen LogP contribution in [0.2, 0.25) is 0 Å². The van der Waals surface area contributed by atoms with Gasteiger partial charge in [-0.2, -0.15) is 12.6 Å². The van der Waals surface area contributed by atoms with Crippen molar-refractivity contribution in [1.82, 2.24) is 16.0 Å². The third-order valence-corrected chi connectivity index (χ3v) is 4.27. The average Bonchev–Trinajstić information content (AvgIpc) is 2.61. The Morgan fingerprint density at radius 2 is 1.62 bits per heavy atom. The number of aliphatic hydroxyl groups is 1. The number of hydrogen-bond acceptors (Lipinski definition) is 7. The Morgan fingerprint density at radius 1 is 1.04 bits per heavy atom. The number of carbonyl (C=O) groups excluding carboxylic acids is 3. The third-order valence-electron chi connectivity index (χ3n) is 3.88. The quantitative estimate of drug-likeness (QED) is 0.196. The topological polar surface area (TPSA) is 171 Å². The van der Waals surface area contributed by atoms with Gasteiger partial charge in [0.25, 0.3) is 0 Å². The second-order valence-electron chi connectivity index (χ2n) is 5.97. The van der Waals surface area contributed by atoms with Gasteiger partial charge in [0.2, 0.25) is 17.7 Å². The number of aliphatic carboxylic acids is 1. The molecule has 150 valence electrons. The van der Waals surface area contributed by atoms with Gasteiger partial charge in [0.05, 0.1) is 12.6 Å². The molecule has 0 aromatic rings. The molecule has 0 heterocycles. The first-order chi connectivity index (χ1) is 12.1. The lowest BCUT2D eigenvalue weighted by molar-refractivity contribution is -0.144. The van der Waals surface area contributed by atoms with E-state index in [2.05, 4.69) is 28.6 Å². The lowest BCUT2D eigenvalue weighted by Gasteiger charge is -2.24. The van der Waals surface area contributed by atoms with Crippen molar-refractivity contribution < 1.29 is 29.4 Å². The van der Waals surface area contributed by atoms with Crippen molar-refractivity contribution >= 4 is 36.3 Å². The first-order valence-corrected chi connectivity index (χ1v) is 8.83. The molecule has 3 amide bonds. The van der Waals surface area contributed by atoms with Crippen LogP contribution in [0.25, 0.3) is 0 Å². The summed E-state index contributed by atoms with van der Waals surface area (Å²) in [5, 5.41) is 25.4. The summed E-state index contributed by atoms with van der Waals surface area (Å²) >= 11 is 3.88. The van der Waals surface area contributed by atoms with Crippen molar-refractivity contribution in [3.63, 3.8) is 0 Å². The van der Waals surface area contributed by atoms with Gasteiger partial charge in [-0.3, -0.25) is 14.4 Å². The fourth-order valence-electron chi connectivity index (χ4n) is 1.90. The standard InChI is InChI=1S/C15H28N4O6S/c1-4-7(2)11(15(24)25)19-14(23)10(5-20)18-12(21)8(3)17-13(22)9(16)6-26/h7-11,20,26H,4-6,16H2,1-3H3,(H,17,22)(H,18,21)(H,19,23)(H,24,25). The van der Waals surface area contributed by atoms with Crippen LogP contribution in [-0.2, 0) is 19.2 Å². The van der Waals surface area contributed by atoms with E-state index in [0.29, 0.717) is 6.42 Å². The Kier molecular flexibility index (Phi) is 10.9. The van der Waals surface area contributed by atoms with E-state index in [-0.39, 0.29) is 11.7 Å². The molecule has 0 saturated carbocycles. The Hall–Kier alpha value is -1.85. The van der Waals surface area contributed by atoms with Crippen molar-refractivity contribution in [2.24, 2.45) is 11.7 Å². The first-order valence-electron chi connectivity index (χ1n) is 8.20. The van der Waals surface area contributed by atoms with Gasteiger partial charge in [-0.1, -0.05) is 20.3 Å². The molecule has 5 unspecified atom stereocenters. The molecule has 0 radical (unpaired) electrons. The van der Waals surface area contributed by atoms with Crippen molar-refractivity contribution in [3.05, 3.63) is 0 Å². The maximum Gasteiger partial charge on any atom is 0.326 e. The zero-order valence-corrected chi connectivity index (χ0v) is 16.0. The van der Waals surface area contributed by atoms with Gasteiger partial charge in [-0.25, -0.2) is 4.79 Å². The van der Waals surface area contributed by atoms with E-state index in [1.165, 1.54) is 6.92 Å². The van der Waals surface area contributed by atoms with Gasteiger partial charge in [0, 0.05) is 5.75 Å². The van der Waals surface area contributed by atoms with E-state index in [4.69, 9.17) is 5.73 Å². The minimum Gasteiger partial charge on any atom is -0.480 e. The summed E-state index contributed by atoms with van der Waals surface area (Å²) in [6, 6.07) is -4.41. The molecule has 0 aliphatic carbocycles. The van der Waals surface area contributed by atoms with Crippen LogP contribution in [0, 0.1) is 5.92 Å². The monoisotopic (exact) mass is 392 g/mol. The van der Waals surface area contributed by atoms with Crippen LogP contribution in [-0.4, -0.2) is 70.4 Å². The third kappa shape index (κ3) is 7.58. The van der Waals surface area contributed by atoms with Gasteiger partial charge in [0.15, 0.2) is 0 Å². The Balaban J connectivity index is 4.86. The number of carbonyl (C=O) groups is 4. The summed E-state index contributed by atoms with van der Waals surface area (Å²) in [7, 11) is 0. The summed E-state index contributed by atoms with van der Waals surface area (Å²) < 4.78 is 0. The van der Waals surface area contributed by atoms with E-state index >= 15 is 0 Å². The highest BCUT2D eigenvalue weighted by Crippen LogP contribution is 2.08. The Labute approximate surface area is 157 Å². The molecule has 0 spiro atoms. The molecule has 0 bridgehead atoms. The van der Waals surface area contributed by atoms with Crippen LogP contribution < -0.4 is 21.7 Å². The highest BCUT2D eigenvalue weighted by atomic mass is 32.1. The van der Waals surface area contributed by atoms with Crippen molar-refractivity contribution in [2.45, 2.75) is 51.4 Å². The lowest BCUT2D eigenvalue weighted by atomic mass is 9.99. The number of carboxylic acids is 1. The smallest absolute Gasteiger partial charge is 0.326 e. The number of amides is 3. The van der Waals surface area contributed by atoms with E-state index in [1.807, 2.05) is 0 Å². The van der Waals surface area contributed by atoms with Gasteiger partial charge in [-0.15, -0.1) is 0 Å². The number of aliphatic hydroxyl groups excluding tert-OH is 1. The van der Waals surface area contributed by atoms with E-state index in [9.17, 15) is 29.4 Å². The second-order valence-corrected chi connectivity index (χ2v) is 6.34. The highest BCUT2D eigenvalue weighted by Gasteiger charge is 2.30. The summed E-state index contributed by atoms with van der Waals surface area (Å²) in [5.41, 5.74) is 5.49. The second kappa shape index (κ2) is 11.7. The zero-order chi connectivity index (χ0) is 20.4. The summed E-state index contributed by atoms with van der Waals surface area (Å²) in [6.45, 7) is 4.08. The largest absolute Gasteiger partial charge is 0.480 e. The number of hydrogen-bond donors (Lipinski definition) is 7. The number of nitrogens with two attached hydrogens (primary N) is 1. The zero-order valence-electron chi connectivity index (χ0n) is 15.1. The molecular weight excluding hydrogens is 364 g/mol. The minimum absolute atomic E-state index is 0.0913. The molecule has 10 nitrogen and oxygen atoms in total. The van der Waals surface area contributed by atoms with Gasteiger partial charge in [-0.05, 0) is 12.8 Å². The molecule has 0 aromatic carbocycles. The van der Waals surface area contributed by atoms with Crippen LogP contribution in [0.4, 0.5) is 0 Å². The molecular formula is C15H28N4O6S. The summed E-state index contributed by atoms with van der Waals surface area (Å²) in [4.78, 5) is 47.2. The summed E-state index contributed by atoms with van der Waals surface area (Å²) in [5.74, 6) is -3.61. The maximum atomic E-state index is 12.2. The number of thiol groups is 1. The molecule has 0 saturated heterocycles. The number of nitrogens with one attached hydrogen (secondary N) is 3. The van der Waals surface area contributed by atoms with Gasteiger partial charge < -0.3 is 31.9 Å². The maximum absolute atomic E-state index is 12.2. The molecule has 5 atom stereocenters. The Morgan fingerprint density at radius 3 is 2.04 bits per heavy atom. The van der Waals surface area contributed by atoms with E-state index in [1.54, 1.807) is 13.8 Å². The van der Waals surface area contributed by atoms with Crippen LogP contribution in [0.15, 0.2) is 0 Å². The first kappa shape index (κ1) is 24.1. The fourth-order valence-corrected chi connectivity index (χ4v) is 2.06. The SMILES string of the molecule is CCC(C)C(NC(=O)C(CO)NC(=O)C(C)NC(=O)C(N)CS)C(=O)O. The molecule has 7 N–H and O–H groups in total. The van der Waals surface area contributed by atoms with Gasteiger partial charge >= 0.3 is 5.97 Å². The fraction of sp³-hybridized carbons (Fsp3) is 0.733. The molecule has 0 aliphatic heterocycles. The van der Waals surface area contributed by atoms with Crippen LogP contribution >= 0.6 is 12.6 Å². The van der Waals surface area contributed by atoms with Crippen LogP contribution in [0.5, 0.6) is 0 Å². The number of carboxylic acid groups (broad SMARTS) is 1. The molecule has 0 aromatic heterocycles. The predicted octanol–water partition coefficient (Wildman–Crippen LogP) is -2.16. The van der Waals surface area contributed by atoms with Crippen LogP contribution in [0.3, 0.4) is 0 Å². The highest BCUT2D eigenvalue weighted by molar-refractivity contribution is 7.80. The van der Waals surface area contributed by atoms with E-state index < -0.39 is 54.5 Å². The average molecular weight is 392 g/mol. The molecule has 0 fully saturated rings.